The Bertz CT molecular complexity index is 728. The van der Waals surface area contributed by atoms with Gasteiger partial charge >= 0.3 is 11.9 Å². The lowest BCUT2D eigenvalue weighted by Gasteiger charge is -2.15. The second kappa shape index (κ2) is 4.49. The van der Waals surface area contributed by atoms with Crippen molar-refractivity contribution in [3.8, 4) is 0 Å². The molecule has 2 heterocycles. The second-order valence-electron chi connectivity index (χ2n) is 4.03. The molecule has 104 valence electrons. The smallest absolute Gasteiger partial charge is 0.382 e. The number of hydrogen-bond acceptors (Lipinski definition) is 4. The zero-order chi connectivity index (χ0) is 14.4. The Balaban J connectivity index is 2.61. The summed E-state index contributed by atoms with van der Waals surface area (Å²) < 4.78 is 37.7. The van der Waals surface area contributed by atoms with Crippen LogP contribution in [0.2, 0.25) is 0 Å². The molecule has 2 aromatic heterocycles. The largest absolute Gasteiger partial charge is 0.416 e. The third-order valence-electron chi connectivity index (χ3n) is 2.63. The molecule has 0 fully saturated rings. The zero-order valence-corrected chi connectivity index (χ0v) is 10.4. The molecule has 9 heteroatoms. The minimum atomic E-state index is -4.83. The number of halogens is 3. The standard InChI is InChI=1S/C10H9F3N2O3S/c1-4-3-19-8-6(4)7(17)14-9(18)15(8)2-5(16)10(11,12)13/h3,5,16H,2H2,1H3,(H,14,17,18). The van der Waals surface area contributed by atoms with E-state index in [0.29, 0.717) is 5.56 Å². The molecule has 2 aromatic rings. The predicted octanol–water partition coefficient (Wildman–Crippen LogP) is 0.983. The predicted molar refractivity (Wildman–Crippen MR) is 63.5 cm³/mol. The van der Waals surface area contributed by atoms with Crippen molar-refractivity contribution in [1.82, 2.24) is 9.55 Å². The van der Waals surface area contributed by atoms with Crippen molar-refractivity contribution >= 4 is 21.6 Å². The molecular weight excluding hydrogens is 285 g/mol. The van der Waals surface area contributed by atoms with E-state index in [1.807, 2.05) is 4.98 Å². The van der Waals surface area contributed by atoms with E-state index in [-0.39, 0.29) is 10.2 Å². The van der Waals surface area contributed by atoms with Gasteiger partial charge in [0.25, 0.3) is 5.56 Å². The van der Waals surface area contributed by atoms with Gasteiger partial charge in [-0.2, -0.15) is 13.2 Å². The Morgan fingerprint density at radius 3 is 2.68 bits per heavy atom. The number of thiophene rings is 1. The van der Waals surface area contributed by atoms with Crippen LogP contribution in [-0.4, -0.2) is 26.9 Å². The number of H-pyrrole nitrogens is 1. The van der Waals surface area contributed by atoms with Gasteiger partial charge in [-0.1, -0.05) is 0 Å². The van der Waals surface area contributed by atoms with Gasteiger partial charge in [0.1, 0.15) is 4.83 Å². The average Bonchev–Trinajstić information content (AvgIpc) is 2.65. The Hall–Kier alpha value is -1.61. The van der Waals surface area contributed by atoms with Gasteiger partial charge in [-0.05, 0) is 17.9 Å². The maximum Gasteiger partial charge on any atom is 0.416 e. The molecule has 0 aromatic carbocycles. The monoisotopic (exact) mass is 294 g/mol. The average molecular weight is 294 g/mol. The van der Waals surface area contributed by atoms with Crippen molar-refractivity contribution in [1.29, 1.82) is 0 Å². The van der Waals surface area contributed by atoms with Crippen LogP contribution in [0.4, 0.5) is 13.2 Å². The highest BCUT2D eigenvalue weighted by atomic mass is 32.1. The fourth-order valence-corrected chi connectivity index (χ4v) is 2.73. The molecule has 2 rings (SSSR count). The summed E-state index contributed by atoms with van der Waals surface area (Å²) in [6, 6.07) is 0. The summed E-state index contributed by atoms with van der Waals surface area (Å²) in [7, 11) is 0. The second-order valence-corrected chi connectivity index (χ2v) is 4.88. The van der Waals surface area contributed by atoms with E-state index in [0.717, 1.165) is 15.9 Å². The number of alkyl halides is 3. The Morgan fingerprint density at radius 2 is 2.11 bits per heavy atom. The number of aliphatic hydroxyl groups excluding tert-OH is 1. The summed E-state index contributed by atoms with van der Waals surface area (Å²) in [4.78, 5) is 25.2. The maximum absolute atomic E-state index is 12.3. The molecule has 0 spiro atoms. The van der Waals surface area contributed by atoms with Crippen molar-refractivity contribution in [2.45, 2.75) is 25.7 Å². The normalized spacial score (nSPS) is 13.9. The Kier molecular flexibility index (Phi) is 3.27. The first-order valence-electron chi connectivity index (χ1n) is 5.17. The molecule has 2 N–H and O–H groups in total. The van der Waals surface area contributed by atoms with Crippen LogP contribution < -0.4 is 11.2 Å². The summed E-state index contributed by atoms with van der Waals surface area (Å²) >= 11 is 0.986. The third kappa shape index (κ3) is 2.43. The summed E-state index contributed by atoms with van der Waals surface area (Å²) in [6.45, 7) is 0.665. The summed E-state index contributed by atoms with van der Waals surface area (Å²) in [5.74, 6) is 0. The quantitative estimate of drug-likeness (QED) is 0.867. The first kappa shape index (κ1) is 13.8. The van der Waals surface area contributed by atoms with Gasteiger partial charge in [0.05, 0.1) is 11.9 Å². The number of fused-ring (bicyclic) bond motifs is 1. The molecule has 0 amide bonds. The van der Waals surface area contributed by atoms with Gasteiger partial charge in [-0.3, -0.25) is 14.3 Å². The maximum atomic E-state index is 12.3. The highest BCUT2D eigenvalue weighted by Crippen LogP contribution is 2.24. The van der Waals surface area contributed by atoms with Gasteiger partial charge in [0, 0.05) is 0 Å². The number of aromatic nitrogens is 2. The van der Waals surface area contributed by atoms with Crippen molar-refractivity contribution < 1.29 is 18.3 Å². The molecule has 0 saturated heterocycles. The lowest BCUT2D eigenvalue weighted by molar-refractivity contribution is -0.207. The van der Waals surface area contributed by atoms with Gasteiger partial charge in [-0.15, -0.1) is 11.3 Å². The Labute approximate surface area is 107 Å². The number of hydrogen-bond donors (Lipinski definition) is 2. The minimum Gasteiger partial charge on any atom is -0.382 e. The lowest BCUT2D eigenvalue weighted by Crippen LogP contribution is -2.38. The first-order chi connectivity index (χ1) is 8.71. The Morgan fingerprint density at radius 1 is 1.47 bits per heavy atom. The van der Waals surface area contributed by atoms with Crippen LogP contribution in [0.15, 0.2) is 15.0 Å². The molecule has 1 unspecified atom stereocenters. The highest BCUT2D eigenvalue weighted by molar-refractivity contribution is 7.17. The summed E-state index contributed by atoms with van der Waals surface area (Å²) in [5.41, 5.74) is -1.05. The summed E-state index contributed by atoms with van der Waals surface area (Å²) in [5, 5.41) is 10.8. The SMILES string of the molecule is Cc1csc2c1c(=O)[nH]c(=O)n2CC(O)C(F)(F)F. The zero-order valence-electron chi connectivity index (χ0n) is 9.61. The van der Waals surface area contributed by atoms with Crippen LogP contribution in [0.1, 0.15) is 5.56 Å². The number of nitrogens with zero attached hydrogens (tertiary/aromatic N) is 1. The summed E-state index contributed by atoms with van der Waals surface area (Å²) in [6.07, 6.45) is -7.49. The van der Waals surface area contributed by atoms with E-state index in [1.165, 1.54) is 0 Å². The van der Waals surface area contributed by atoms with Crippen LogP contribution in [0.25, 0.3) is 10.2 Å². The topological polar surface area (TPSA) is 75.1 Å². The molecule has 19 heavy (non-hydrogen) atoms. The molecule has 0 saturated carbocycles. The van der Waals surface area contributed by atoms with Crippen LogP contribution >= 0.6 is 11.3 Å². The van der Waals surface area contributed by atoms with E-state index < -0.39 is 30.1 Å². The van der Waals surface area contributed by atoms with Gasteiger partial charge in [-0.25, -0.2) is 4.79 Å². The lowest BCUT2D eigenvalue weighted by atomic mass is 10.2. The van der Waals surface area contributed by atoms with E-state index in [4.69, 9.17) is 5.11 Å². The number of aliphatic hydroxyl groups is 1. The first-order valence-corrected chi connectivity index (χ1v) is 6.05. The molecule has 0 aliphatic heterocycles. The van der Waals surface area contributed by atoms with Crippen LogP contribution in [0.5, 0.6) is 0 Å². The van der Waals surface area contributed by atoms with Crippen LogP contribution in [0.3, 0.4) is 0 Å². The number of aromatic amines is 1. The van der Waals surface area contributed by atoms with Gasteiger partial charge in [0.2, 0.25) is 0 Å². The van der Waals surface area contributed by atoms with E-state index in [9.17, 15) is 22.8 Å². The molecule has 5 nitrogen and oxygen atoms in total. The van der Waals surface area contributed by atoms with Crippen molar-refractivity contribution in [3.05, 3.63) is 31.8 Å². The third-order valence-corrected chi connectivity index (χ3v) is 3.75. The number of rotatable bonds is 2. The molecule has 1 atom stereocenters. The van der Waals surface area contributed by atoms with E-state index in [2.05, 4.69) is 0 Å². The molecule has 0 bridgehead atoms. The van der Waals surface area contributed by atoms with Gasteiger partial charge in [0.15, 0.2) is 6.10 Å². The highest BCUT2D eigenvalue weighted by Gasteiger charge is 2.38. The fourth-order valence-electron chi connectivity index (χ4n) is 1.67. The van der Waals surface area contributed by atoms with Gasteiger partial charge < -0.3 is 5.11 Å². The van der Waals surface area contributed by atoms with E-state index in [1.54, 1.807) is 12.3 Å². The fraction of sp³-hybridized carbons (Fsp3) is 0.400. The number of aryl methyl sites for hydroxylation is 1. The molecule has 0 aliphatic carbocycles. The van der Waals surface area contributed by atoms with Crippen LogP contribution in [0, 0.1) is 6.92 Å². The minimum absolute atomic E-state index is 0.120. The van der Waals surface area contributed by atoms with Crippen molar-refractivity contribution in [2.24, 2.45) is 0 Å². The van der Waals surface area contributed by atoms with Crippen LogP contribution in [-0.2, 0) is 6.54 Å². The molecule has 0 radical (unpaired) electrons. The van der Waals surface area contributed by atoms with Crippen molar-refractivity contribution in [2.75, 3.05) is 0 Å². The van der Waals surface area contributed by atoms with E-state index >= 15 is 0 Å². The van der Waals surface area contributed by atoms with Crippen molar-refractivity contribution in [3.63, 3.8) is 0 Å². The molecule has 0 aliphatic rings. The number of nitrogens with one attached hydrogen (secondary N) is 1. The molecular formula is C10H9F3N2O3S.